The number of hydrogen-bond donors (Lipinski definition) is 2. The van der Waals surface area contributed by atoms with Crippen LogP contribution in [0.4, 0.5) is 11.6 Å². The van der Waals surface area contributed by atoms with Crippen molar-refractivity contribution < 1.29 is 0 Å². The van der Waals surface area contributed by atoms with Crippen molar-refractivity contribution in [3.05, 3.63) is 87.7 Å². The molecule has 0 aliphatic carbocycles. The van der Waals surface area contributed by atoms with Crippen LogP contribution in [0.15, 0.2) is 65.7 Å². The lowest BCUT2D eigenvalue weighted by atomic mass is 10.2. The molecule has 1 saturated heterocycles. The normalized spacial score (nSPS) is 14.7. The van der Waals surface area contributed by atoms with Crippen molar-refractivity contribution in [3.63, 3.8) is 0 Å². The molecule has 1 aliphatic heterocycles. The van der Waals surface area contributed by atoms with Gasteiger partial charge in [-0.2, -0.15) is 4.99 Å². The lowest BCUT2D eigenvalue weighted by molar-refractivity contribution is 0.198. The lowest BCUT2D eigenvalue weighted by Gasteiger charge is -2.35. The van der Waals surface area contributed by atoms with E-state index in [1.54, 1.807) is 18.2 Å². The summed E-state index contributed by atoms with van der Waals surface area (Å²) in [7, 11) is 0. The van der Waals surface area contributed by atoms with Gasteiger partial charge in [-0.25, -0.2) is 9.97 Å². The fraction of sp³-hybridized carbons (Fsp3) is 0.259. The van der Waals surface area contributed by atoms with E-state index >= 15 is 0 Å². The number of aryl methyl sites for hydroxylation is 2. The molecule has 4 rings (SSSR count). The molecule has 0 unspecified atom stereocenters. The van der Waals surface area contributed by atoms with Gasteiger partial charge in [0.2, 0.25) is 17.0 Å². The summed E-state index contributed by atoms with van der Waals surface area (Å²) < 4.78 is 0. The third-order valence-electron chi connectivity index (χ3n) is 5.73. The third kappa shape index (κ3) is 8.23. The fourth-order valence-corrected chi connectivity index (χ4v) is 4.59. The van der Waals surface area contributed by atoms with Gasteiger partial charge >= 0.3 is 0 Å². The highest BCUT2D eigenvalue weighted by Gasteiger charge is 2.21. The Balaban J connectivity index is 1.45. The molecule has 0 saturated carbocycles. The predicted octanol–water partition coefficient (Wildman–Crippen LogP) is 5.90. The number of rotatable bonds is 5. The number of nitrogens with zero attached hydrogens (tertiary/aromatic N) is 5. The molecule has 1 aromatic heterocycles. The van der Waals surface area contributed by atoms with Gasteiger partial charge in [0.15, 0.2) is 0 Å². The highest BCUT2D eigenvalue weighted by Crippen LogP contribution is 2.25. The highest BCUT2D eigenvalue weighted by molar-refractivity contribution is 7.80. The predicted molar refractivity (Wildman–Crippen MR) is 159 cm³/mol. The van der Waals surface area contributed by atoms with Crippen LogP contribution in [0.3, 0.4) is 0 Å². The first kappa shape index (κ1) is 27.0. The van der Waals surface area contributed by atoms with E-state index in [-0.39, 0.29) is 5.11 Å². The molecule has 0 amide bonds. The summed E-state index contributed by atoms with van der Waals surface area (Å²) in [6, 6.07) is 17.4. The number of piperazine rings is 1. The van der Waals surface area contributed by atoms with Crippen LogP contribution >= 0.6 is 35.4 Å². The van der Waals surface area contributed by atoms with Crippen LogP contribution in [0.25, 0.3) is 6.08 Å². The van der Waals surface area contributed by atoms with E-state index < -0.39 is 0 Å². The summed E-state index contributed by atoms with van der Waals surface area (Å²) in [5.74, 6) is 1.07. The number of thiocarbonyl (C=S) groups is 1. The van der Waals surface area contributed by atoms with Crippen molar-refractivity contribution in [2.45, 2.75) is 13.8 Å². The van der Waals surface area contributed by atoms with Crippen LogP contribution in [0, 0.1) is 13.8 Å². The van der Waals surface area contributed by atoms with Crippen molar-refractivity contribution in [1.82, 2.24) is 19.8 Å². The van der Waals surface area contributed by atoms with Gasteiger partial charge in [-0.15, -0.1) is 0 Å². The van der Waals surface area contributed by atoms with Crippen LogP contribution in [0.1, 0.15) is 17.0 Å². The summed E-state index contributed by atoms with van der Waals surface area (Å²) in [6.45, 7) is 8.09. The number of benzene rings is 2. The Bertz CT molecular complexity index is 1270. The van der Waals surface area contributed by atoms with Crippen LogP contribution in [0.5, 0.6) is 0 Å². The first-order chi connectivity index (χ1) is 17.9. The molecule has 37 heavy (non-hydrogen) atoms. The van der Waals surface area contributed by atoms with Gasteiger partial charge < -0.3 is 10.2 Å². The molecule has 0 radical (unpaired) electrons. The number of aromatic nitrogens is 2. The van der Waals surface area contributed by atoms with E-state index in [4.69, 9.17) is 35.4 Å². The molecule has 2 aromatic carbocycles. The zero-order valence-electron chi connectivity index (χ0n) is 20.8. The second-order valence-corrected chi connectivity index (χ2v) is 9.92. The summed E-state index contributed by atoms with van der Waals surface area (Å²) in [4.78, 5) is 18.3. The van der Waals surface area contributed by atoms with E-state index in [1.807, 2.05) is 38.1 Å². The SMILES string of the molecule is Cc1cc(C)nc(N/C(=N/C(=S)Nc2ccc(Cl)cc2Cl)N2CCN(C/C=C/c3ccccc3)CC2)n1. The number of nitrogens with one attached hydrogen (secondary N) is 2. The molecule has 2 heterocycles. The molecule has 192 valence electrons. The lowest BCUT2D eigenvalue weighted by Crippen LogP contribution is -2.51. The van der Waals surface area contributed by atoms with Crippen molar-refractivity contribution in [3.8, 4) is 0 Å². The second-order valence-electron chi connectivity index (χ2n) is 8.69. The molecule has 10 heteroatoms. The molecule has 7 nitrogen and oxygen atoms in total. The topological polar surface area (TPSA) is 68.7 Å². The Hall–Kier alpha value is -3.04. The molecule has 2 N–H and O–H groups in total. The second kappa shape index (κ2) is 13.0. The molecule has 0 bridgehead atoms. The summed E-state index contributed by atoms with van der Waals surface area (Å²) in [5, 5.41) is 7.67. The first-order valence-electron chi connectivity index (χ1n) is 12.0. The van der Waals surface area contributed by atoms with Crippen LogP contribution < -0.4 is 10.6 Å². The fourth-order valence-electron chi connectivity index (χ4n) is 3.93. The Morgan fingerprint density at radius 3 is 2.35 bits per heavy atom. The van der Waals surface area contributed by atoms with Crippen LogP contribution in [-0.2, 0) is 0 Å². The maximum Gasteiger partial charge on any atom is 0.229 e. The monoisotopic (exact) mass is 553 g/mol. The first-order valence-corrected chi connectivity index (χ1v) is 13.1. The number of hydrogen-bond acceptors (Lipinski definition) is 4. The van der Waals surface area contributed by atoms with Crippen molar-refractivity contribution in [2.75, 3.05) is 43.4 Å². The van der Waals surface area contributed by atoms with Crippen molar-refractivity contribution >= 4 is 64.2 Å². The maximum atomic E-state index is 6.31. The van der Waals surface area contributed by atoms with Gasteiger partial charge in [0, 0.05) is 49.1 Å². The standard InChI is InChI=1S/C27H29Cl2N7S/c1-19-17-20(2)31-25(30-19)33-26(34-27(37)32-24-11-10-22(28)18-23(24)29)36-15-13-35(14-16-36)12-6-9-21-7-4-3-5-8-21/h3-11,17-18H,12-16H2,1-2H3,(H2,30,31,32,33,34,37)/b9-6+. The zero-order valence-corrected chi connectivity index (χ0v) is 23.1. The quantitative estimate of drug-likeness (QED) is 0.231. The zero-order chi connectivity index (χ0) is 26.2. The van der Waals surface area contributed by atoms with Gasteiger partial charge in [0.25, 0.3) is 0 Å². The molecular weight excluding hydrogens is 525 g/mol. The van der Waals surface area contributed by atoms with Gasteiger partial charge in [0.05, 0.1) is 10.7 Å². The van der Waals surface area contributed by atoms with Gasteiger partial charge in [-0.1, -0.05) is 65.7 Å². The largest absolute Gasteiger partial charge is 0.340 e. The van der Waals surface area contributed by atoms with E-state index in [9.17, 15) is 0 Å². The number of aliphatic imine (C=N–C) groups is 1. The van der Waals surface area contributed by atoms with E-state index in [0.29, 0.717) is 27.6 Å². The molecule has 0 spiro atoms. The Kier molecular flexibility index (Phi) is 9.46. The summed E-state index contributed by atoms with van der Waals surface area (Å²) in [6.07, 6.45) is 4.36. The van der Waals surface area contributed by atoms with Crippen molar-refractivity contribution in [2.24, 2.45) is 4.99 Å². The number of guanidine groups is 1. The molecule has 3 aromatic rings. The van der Waals surface area contributed by atoms with Crippen LogP contribution in [0.2, 0.25) is 10.0 Å². The molecular formula is C27H29Cl2N7S. The Morgan fingerprint density at radius 1 is 0.973 bits per heavy atom. The molecule has 1 fully saturated rings. The summed E-state index contributed by atoms with van der Waals surface area (Å²) in [5.41, 5.74) is 3.59. The third-order valence-corrected chi connectivity index (χ3v) is 6.47. The Labute approximate surface area is 233 Å². The minimum absolute atomic E-state index is 0.268. The smallest absolute Gasteiger partial charge is 0.229 e. The molecule has 0 atom stereocenters. The van der Waals surface area contributed by atoms with Crippen LogP contribution in [-0.4, -0.2) is 63.6 Å². The average Bonchev–Trinajstić information content (AvgIpc) is 2.86. The number of anilines is 2. The maximum absolute atomic E-state index is 6.31. The van der Waals surface area contributed by atoms with Crippen molar-refractivity contribution in [1.29, 1.82) is 0 Å². The summed E-state index contributed by atoms with van der Waals surface area (Å²) >= 11 is 17.9. The van der Waals surface area contributed by atoms with Gasteiger partial charge in [-0.3, -0.25) is 10.2 Å². The van der Waals surface area contributed by atoms with Gasteiger partial charge in [0.1, 0.15) is 0 Å². The minimum atomic E-state index is 0.268. The average molecular weight is 555 g/mol. The molecule has 1 aliphatic rings. The van der Waals surface area contributed by atoms with E-state index in [2.05, 4.69) is 59.7 Å². The highest BCUT2D eigenvalue weighted by atomic mass is 35.5. The van der Waals surface area contributed by atoms with E-state index in [0.717, 1.165) is 44.1 Å². The number of halogens is 2. The van der Waals surface area contributed by atoms with E-state index in [1.165, 1.54) is 5.56 Å². The Morgan fingerprint density at radius 2 is 1.68 bits per heavy atom. The minimum Gasteiger partial charge on any atom is -0.340 e. The van der Waals surface area contributed by atoms with Gasteiger partial charge in [-0.05, 0) is 55.9 Å².